The molecule has 2 aromatic rings. The molecule has 2 aliphatic heterocycles. The first kappa shape index (κ1) is 16.1. The largest absolute Gasteiger partial charge is 0.374 e. The maximum absolute atomic E-state index is 6.30. The molecule has 2 aliphatic rings. The summed E-state index contributed by atoms with van der Waals surface area (Å²) >= 11 is 1.74. The third-order valence-corrected chi connectivity index (χ3v) is 5.63. The maximum Gasteiger partial charge on any atom is 0.107 e. The maximum atomic E-state index is 6.30. The summed E-state index contributed by atoms with van der Waals surface area (Å²) in [4.78, 5) is 11.1. The number of pyridine rings is 1. The zero-order valence-electron chi connectivity index (χ0n) is 13.7. The van der Waals surface area contributed by atoms with Gasteiger partial charge in [0, 0.05) is 36.6 Å². The molecule has 0 unspecified atom stereocenters. The molecule has 2 saturated heterocycles. The van der Waals surface area contributed by atoms with Crippen LogP contribution in [0.15, 0.2) is 36.1 Å². The fourth-order valence-electron chi connectivity index (χ4n) is 3.70. The third kappa shape index (κ3) is 3.83. The van der Waals surface area contributed by atoms with Gasteiger partial charge in [-0.3, -0.25) is 9.88 Å². The first-order chi connectivity index (χ1) is 11.9. The minimum atomic E-state index is 0.225. The Hall–Kier alpha value is -1.34. The van der Waals surface area contributed by atoms with E-state index in [1.165, 1.54) is 11.4 Å². The molecular formula is C18H23N3O2S. The Balaban J connectivity index is 1.23. The molecule has 0 bridgehead atoms. The Morgan fingerprint density at radius 1 is 1.29 bits per heavy atom. The van der Waals surface area contributed by atoms with Crippen LogP contribution in [0.1, 0.15) is 29.8 Å². The second-order valence-corrected chi connectivity index (χ2v) is 7.48. The number of likely N-dealkylation sites (tertiary alicyclic amines) is 1. The van der Waals surface area contributed by atoms with Crippen molar-refractivity contribution in [3.63, 3.8) is 0 Å². The van der Waals surface area contributed by atoms with Crippen molar-refractivity contribution in [2.24, 2.45) is 0 Å². The van der Waals surface area contributed by atoms with Gasteiger partial charge in [-0.15, -0.1) is 11.3 Å². The van der Waals surface area contributed by atoms with Crippen LogP contribution in [0.25, 0.3) is 0 Å². The molecule has 5 nitrogen and oxygen atoms in total. The lowest BCUT2D eigenvalue weighted by Crippen LogP contribution is -2.43. The van der Waals surface area contributed by atoms with Crippen LogP contribution in [0.4, 0.5) is 0 Å². The molecule has 0 spiro atoms. The number of thiazole rings is 1. The second kappa shape index (κ2) is 7.70. The summed E-state index contributed by atoms with van der Waals surface area (Å²) in [6.07, 6.45) is 9.49. The van der Waals surface area contributed by atoms with Crippen LogP contribution >= 0.6 is 11.3 Å². The van der Waals surface area contributed by atoms with Crippen molar-refractivity contribution >= 4 is 11.3 Å². The molecular weight excluding hydrogens is 322 g/mol. The van der Waals surface area contributed by atoms with Gasteiger partial charge in [-0.2, -0.15) is 0 Å². The van der Waals surface area contributed by atoms with E-state index in [1.54, 1.807) is 17.5 Å². The van der Waals surface area contributed by atoms with Crippen molar-refractivity contribution in [3.05, 3.63) is 46.7 Å². The van der Waals surface area contributed by atoms with Crippen molar-refractivity contribution in [2.75, 3.05) is 13.2 Å². The Morgan fingerprint density at radius 2 is 2.29 bits per heavy atom. The summed E-state index contributed by atoms with van der Waals surface area (Å²) in [6, 6.07) is 4.53. The summed E-state index contributed by atoms with van der Waals surface area (Å²) in [5.41, 5.74) is 1.11. The van der Waals surface area contributed by atoms with E-state index in [-0.39, 0.29) is 6.10 Å². The van der Waals surface area contributed by atoms with Crippen molar-refractivity contribution in [2.45, 2.75) is 50.7 Å². The predicted octanol–water partition coefficient (Wildman–Crippen LogP) is 2.88. The number of hydrogen-bond donors (Lipinski definition) is 0. The Morgan fingerprint density at radius 3 is 3.12 bits per heavy atom. The van der Waals surface area contributed by atoms with Gasteiger partial charge in [-0.05, 0) is 30.9 Å². The number of rotatable bonds is 6. The summed E-state index contributed by atoms with van der Waals surface area (Å²) < 4.78 is 12.1. The predicted molar refractivity (Wildman–Crippen MR) is 92.7 cm³/mol. The molecule has 0 aliphatic carbocycles. The zero-order chi connectivity index (χ0) is 16.2. The van der Waals surface area contributed by atoms with Gasteiger partial charge in [0.2, 0.25) is 0 Å². The SMILES string of the molecule is c1cncc(COC[C@H]2CC[C@@H]3[C@@H](CCN3Cc3nccs3)O2)c1. The Bertz CT molecular complexity index is 622. The lowest BCUT2D eigenvalue weighted by atomic mass is 9.99. The van der Waals surface area contributed by atoms with Crippen molar-refractivity contribution in [1.29, 1.82) is 0 Å². The lowest BCUT2D eigenvalue weighted by Gasteiger charge is -2.35. The first-order valence-corrected chi connectivity index (χ1v) is 9.51. The average molecular weight is 345 g/mol. The normalized spacial score (nSPS) is 27.2. The van der Waals surface area contributed by atoms with Crippen LogP contribution < -0.4 is 0 Å². The van der Waals surface area contributed by atoms with E-state index >= 15 is 0 Å². The molecule has 0 amide bonds. The molecule has 0 N–H and O–H groups in total. The van der Waals surface area contributed by atoms with Crippen molar-refractivity contribution in [3.8, 4) is 0 Å². The molecule has 6 heteroatoms. The Labute approximate surface area is 146 Å². The van der Waals surface area contributed by atoms with E-state index in [0.717, 1.165) is 31.5 Å². The highest BCUT2D eigenvalue weighted by Gasteiger charge is 2.39. The average Bonchev–Trinajstić information content (AvgIpc) is 3.26. The van der Waals surface area contributed by atoms with E-state index in [4.69, 9.17) is 9.47 Å². The topological polar surface area (TPSA) is 47.5 Å². The van der Waals surface area contributed by atoms with Crippen molar-refractivity contribution in [1.82, 2.24) is 14.9 Å². The second-order valence-electron chi connectivity index (χ2n) is 6.50. The van der Waals surface area contributed by atoms with Crippen LogP contribution in [0.2, 0.25) is 0 Å². The van der Waals surface area contributed by atoms with Gasteiger partial charge in [-0.25, -0.2) is 4.98 Å². The summed E-state index contributed by atoms with van der Waals surface area (Å²) in [6.45, 7) is 3.35. The number of aromatic nitrogens is 2. The van der Waals surface area contributed by atoms with Gasteiger partial charge < -0.3 is 9.47 Å². The van der Waals surface area contributed by atoms with Crippen LogP contribution in [-0.2, 0) is 22.6 Å². The minimum absolute atomic E-state index is 0.225. The summed E-state index contributed by atoms with van der Waals surface area (Å²) in [7, 11) is 0. The van der Waals surface area contributed by atoms with Gasteiger partial charge in [0.1, 0.15) is 5.01 Å². The van der Waals surface area contributed by atoms with Crippen LogP contribution in [0, 0.1) is 0 Å². The molecule has 3 atom stereocenters. The van der Waals surface area contributed by atoms with E-state index in [2.05, 4.69) is 20.2 Å². The standard InChI is InChI=1S/C18H23N3O2S/c1-2-14(10-19-6-1)12-22-13-15-3-4-16-17(23-15)5-8-21(16)11-18-20-7-9-24-18/h1-2,6-7,9-10,15-17H,3-5,8,11-13H2/t15-,16-,17-/m1/s1. The van der Waals surface area contributed by atoms with Gasteiger partial charge in [-0.1, -0.05) is 6.07 Å². The van der Waals surface area contributed by atoms with E-state index in [0.29, 0.717) is 25.4 Å². The molecule has 2 aromatic heterocycles. The molecule has 0 radical (unpaired) electrons. The fraction of sp³-hybridized carbons (Fsp3) is 0.556. The van der Waals surface area contributed by atoms with Gasteiger partial charge in [0.25, 0.3) is 0 Å². The highest BCUT2D eigenvalue weighted by Crippen LogP contribution is 2.32. The molecule has 24 heavy (non-hydrogen) atoms. The monoisotopic (exact) mass is 345 g/mol. The number of fused-ring (bicyclic) bond motifs is 1. The van der Waals surface area contributed by atoms with Crippen LogP contribution in [0.5, 0.6) is 0 Å². The zero-order valence-corrected chi connectivity index (χ0v) is 14.5. The van der Waals surface area contributed by atoms with E-state index in [1.807, 2.05) is 24.5 Å². The molecule has 4 rings (SSSR count). The third-order valence-electron chi connectivity index (χ3n) is 4.87. The highest BCUT2D eigenvalue weighted by molar-refractivity contribution is 7.09. The molecule has 4 heterocycles. The molecule has 128 valence electrons. The minimum Gasteiger partial charge on any atom is -0.374 e. The number of nitrogens with zero attached hydrogens (tertiary/aromatic N) is 3. The lowest BCUT2D eigenvalue weighted by molar-refractivity contribution is -0.102. The van der Waals surface area contributed by atoms with Crippen LogP contribution in [0.3, 0.4) is 0 Å². The van der Waals surface area contributed by atoms with Gasteiger partial charge in [0.15, 0.2) is 0 Å². The molecule has 0 saturated carbocycles. The number of hydrogen-bond acceptors (Lipinski definition) is 6. The Kier molecular flexibility index (Phi) is 5.18. The molecule has 0 aromatic carbocycles. The smallest absolute Gasteiger partial charge is 0.107 e. The molecule has 2 fully saturated rings. The quantitative estimate of drug-likeness (QED) is 0.806. The van der Waals surface area contributed by atoms with Gasteiger partial charge >= 0.3 is 0 Å². The van der Waals surface area contributed by atoms with Crippen LogP contribution in [-0.4, -0.2) is 46.3 Å². The summed E-state index contributed by atoms with van der Waals surface area (Å²) in [5, 5.41) is 3.26. The summed E-state index contributed by atoms with van der Waals surface area (Å²) in [5.74, 6) is 0. The van der Waals surface area contributed by atoms with E-state index in [9.17, 15) is 0 Å². The van der Waals surface area contributed by atoms with E-state index < -0.39 is 0 Å². The number of ether oxygens (including phenoxy) is 2. The highest BCUT2D eigenvalue weighted by atomic mass is 32.1. The fourth-order valence-corrected chi connectivity index (χ4v) is 4.34. The van der Waals surface area contributed by atoms with Crippen molar-refractivity contribution < 1.29 is 9.47 Å². The van der Waals surface area contributed by atoms with Gasteiger partial charge in [0.05, 0.1) is 32.0 Å². The first-order valence-electron chi connectivity index (χ1n) is 8.63.